The minimum Gasteiger partial charge on any atom is -0.305 e. The van der Waals surface area contributed by atoms with Crippen molar-refractivity contribution in [2.24, 2.45) is 10.9 Å². The Hall–Kier alpha value is -1.41. The largest absolute Gasteiger partial charge is 0.305 e. The summed E-state index contributed by atoms with van der Waals surface area (Å²) in [5, 5.41) is 0. The lowest BCUT2D eigenvalue weighted by Gasteiger charge is -2.11. The first-order chi connectivity index (χ1) is 8.93. The second-order valence-corrected chi connectivity index (χ2v) is 5.49. The van der Waals surface area contributed by atoms with Crippen LogP contribution in [0.25, 0.3) is 5.70 Å². The van der Waals surface area contributed by atoms with Crippen LogP contribution in [0.15, 0.2) is 35.8 Å². The first kappa shape index (κ1) is 15.6. The van der Waals surface area contributed by atoms with Gasteiger partial charge < -0.3 is 4.90 Å². The van der Waals surface area contributed by atoms with Crippen LogP contribution in [0.3, 0.4) is 0 Å². The van der Waals surface area contributed by atoms with Crippen molar-refractivity contribution in [3.8, 4) is 0 Å². The van der Waals surface area contributed by atoms with Crippen molar-refractivity contribution in [2.75, 3.05) is 14.1 Å². The molecule has 2 heteroatoms. The molecular formula is C17H26N2. The third kappa shape index (κ3) is 4.99. The van der Waals surface area contributed by atoms with Gasteiger partial charge in [-0.3, -0.25) is 4.99 Å². The number of nitrogens with zero attached hydrogens (tertiary/aromatic N) is 2. The van der Waals surface area contributed by atoms with Gasteiger partial charge in [0.2, 0.25) is 0 Å². The van der Waals surface area contributed by atoms with E-state index in [9.17, 15) is 0 Å². The maximum atomic E-state index is 4.67. The molecule has 0 heterocycles. The molecule has 0 saturated heterocycles. The Morgan fingerprint density at radius 3 is 2.21 bits per heavy atom. The van der Waals surface area contributed by atoms with Gasteiger partial charge in [-0.05, 0) is 37.6 Å². The lowest BCUT2D eigenvalue weighted by molar-refractivity contribution is 0.402. The Balaban J connectivity index is 2.83. The zero-order valence-electron chi connectivity index (χ0n) is 12.9. The summed E-state index contributed by atoms with van der Waals surface area (Å²) < 4.78 is 0. The summed E-state index contributed by atoms with van der Waals surface area (Å²) >= 11 is 0. The van der Waals surface area contributed by atoms with Crippen molar-refractivity contribution in [2.45, 2.75) is 33.7 Å². The van der Waals surface area contributed by atoms with Crippen molar-refractivity contribution >= 4 is 11.4 Å². The van der Waals surface area contributed by atoms with E-state index in [0.717, 1.165) is 24.2 Å². The average Bonchev–Trinajstić information content (AvgIpc) is 2.35. The molecule has 1 aromatic carbocycles. The normalized spacial score (nSPS) is 12.3. The highest BCUT2D eigenvalue weighted by molar-refractivity contribution is 5.90. The molecule has 0 radical (unpaired) electrons. The zero-order chi connectivity index (χ0) is 14.4. The minimum absolute atomic E-state index is 0.481. The maximum absolute atomic E-state index is 4.67. The molecule has 0 saturated carbocycles. The highest BCUT2D eigenvalue weighted by Gasteiger charge is 2.05. The van der Waals surface area contributed by atoms with Crippen molar-refractivity contribution in [1.29, 1.82) is 0 Å². The number of hydrogen-bond acceptors (Lipinski definition) is 2. The molecule has 0 bridgehead atoms. The lowest BCUT2D eigenvalue weighted by atomic mass is 10.0. The second kappa shape index (κ2) is 7.25. The molecule has 0 atom stereocenters. The molecule has 0 aliphatic carbocycles. The van der Waals surface area contributed by atoms with E-state index in [4.69, 9.17) is 0 Å². The molecule has 0 fully saturated rings. The molecular weight excluding hydrogens is 232 g/mol. The Kier molecular flexibility index (Phi) is 5.97. The molecule has 0 spiro atoms. The molecule has 19 heavy (non-hydrogen) atoms. The highest BCUT2D eigenvalue weighted by atomic mass is 15.0. The van der Waals surface area contributed by atoms with Crippen molar-refractivity contribution in [3.63, 3.8) is 0 Å². The van der Waals surface area contributed by atoms with Crippen LogP contribution in [0, 0.1) is 5.92 Å². The van der Waals surface area contributed by atoms with Gasteiger partial charge in [0.25, 0.3) is 0 Å². The van der Waals surface area contributed by atoms with E-state index < -0.39 is 0 Å². The molecule has 0 N–H and O–H groups in total. The maximum Gasteiger partial charge on any atom is 0.0629 e. The summed E-state index contributed by atoms with van der Waals surface area (Å²) in [5.74, 6) is 0.481. The Morgan fingerprint density at radius 2 is 1.79 bits per heavy atom. The quantitative estimate of drug-likeness (QED) is 0.697. The van der Waals surface area contributed by atoms with Gasteiger partial charge in [0.05, 0.1) is 5.70 Å². The van der Waals surface area contributed by atoms with E-state index in [1.165, 1.54) is 11.3 Å². The molecule has 0 aromatic heterocycles. The molecule has 1 aromatic rings. The monoisotopic (exact) mass is 258 g/mol. The van der Waals surface area contributed by atoms with E-state index in [1.807, 2.05) is 0 Å². The van der Waals surface area contributed by atoms with Crippen LogP contribution in [0.4, 0.5) is 0 Å². The molecule has 0 aliphatic heterocycles. The number of rotatable bonds is 6. The fourth-order valence-corrected chi connectivity index (χ4v) is 2.02. The van der Waals surface area contributed by atoms with Gasteiger partial charge >= 0.3 is 0 Å². The van der Waals surface area contributed by atoms with Gasteiger partial charge in [-0.15, -0.1) is 0 Å². The van der Waals surface area contributed by atoms with Gasteiger partial charge in [-0.2, -0.15) is 0 Å². The predicted molar refractivity (Wildman–Crippen MR) is 85.4 cm³/mol. The molecule has 0 aliphatic rings. The standard InChI is InChI=1S/C17H26N2/c1-7-17(13(2)3)18-14(4)16-10-8-15(9-11-16)12-19(5)6/h8-11,13H,4,7,12H2,1-3,5-6H3/b18-17+. The third-order valence-electron chi connectivity index (χ3n) is 3.09. The van der Waals surface area contributed by atoms with E-state index in [1.54, 1.807) is 0 Å². The highest BCUT2D eigenvalue weighted by Crippen LogP contribution is 2.17. The van der Waals surface area contributed by atoms with Crippen molar-refractivity contribution in [1.82, 2.24) is 4.90 Å². The van der Waals surface area contributed by atoms with Gasteiger partial charge in [0.15, 0.2) is 0 Å². The van der Waals surface area contributed by atoms with E-state index in [2.05, 4.69) is 75.6 Å². The molecule has 104 valence electrons. The van der Waals surface area contributed by atoms with Crippen molar-refractivity contribution < 1.29 is 0 Å². The van der Waals surface area contributed by atoms with Gasteiger partial charge in [0.1, 0.15) is 0 Å². The molecule has 1 rings (SSSR count). The molecule has 0 unspecified atom stereocenters. The Morgan fingerprint density at radius 1 is 1.21 bits per heavy atom. The topological polar surface area (TPSA) is 15.6 Å². The predicted octanol–water partition coefficient (Wildman–Crippen LogP) is 4.23. The van der Waals surface area contributed by atoms with Crippen molar-refractivity contribution in [3.05, 3.63) is 42.0 Å². The lowest BCUT2D eigenvalue weighted by Crippen LogP contribution is -2.10. The summed E-state index contributed by atoms with van der Waals surface area (Å²) in [6, 6.07) is 8.52. The van der Waals surface area contributed by atoms with Crippen LogP contribution in [-0.4, -0.2) is 24.7 Å². The number of aliphatic imine (C=N–C) groups is 1. The first-order valence-electron chi connectivity index (χ1n) is 6.94. The average molecular weight is 258 g/mol. The molecule has 2 nitrogen and oxygen atoms in total. The fourth-order valence-electron chi connectivity index (χ4n) is 2.02. The first-order valence-corrected chi connectivity index (χ1v) is 6.94. The van der Waals surface area contributed by atoms with E-state index in [-0.39, 0.29) is 0 Å². The second-order valence-electron chi connectivity index (χ2n) is 5.49. The van der Waals surface area contributed by atoms with Gasteiger partial charge in [-0.1, -0.05) is 51.6 Å². The summed E-state index contributed by atoms with van der Waals surface area (Å²) in [7, 11) is 4.15. The van der Waals surface area contributed by atoms with Crippen LogP contribution < -0.4 is 0 Å². The van der Waals surface area contributed by atoms with Gasteiger partial charge in [0, 0.05) is 12.3 Å². The van der Waals surface area contributed by atoms with Crippen LogP contribution in [0.2, 0.25) is 0 Å². The third-order valence-corrected chi connectivity index (χ3v) is 3.09. The molecule has 0 amide bonds. The van der Waals surface area contributed by atoms with Gasteiger partial charge in [-0.25, -0.2) is 0 Å². The van der Waals surface area contributed by atoms with Crippen LogP contribution in [0.1, 0.15) is 38.3 Å². The SMILES string of the molecule is C=C(/N=C(\CC)C(C)C)c1ccc(CN(C)C)cc1. The van der Waals surface area contributed by atoms with E-state index >= 15 is 0 Å². The summed E-state index contributed by atoms with van der Waals surface area (Å²) in [6.07, 6.45) is 0.982. The zero-order valence-corrected chi connectivity index (χ0v) is 12.9. The van der Waals surface area contributed by atoms with Crippen LogP contribution in [-0.2, 0) is 6.54 Å². The summed E-state index contributed by atoms with van der Waals surface area (Å²) in [5.41, 5.74) is 4.49. The Bertz CT molecular complexity index is 439. The number of hydrogen-bond donors (Lipinski definition) is 0. The summed E-state index contributed by atoms with van der Waals surface area (Å²) in [6.45, 7) is 11.5. The van der Waals surface area contributed by atoms with Crippen LogP contribution in [0.5, 0.6) is 0 Å². The number of benzene rings is 1. The fraction of sp³-hybridized carbons (Fsp3) is 0.471. The van der Waals surface area contributed by atoms with E-state index in [0.29, 0.717) is 5.92 Å². The Labute approximate surface area is 117 Å². The smallest absolute Gasteiger partial charge is 0.0629 e. The minimum atomic E-state index is 0.481. The summed E-state index contributed by atoms with van der Waals surface area (Å²) in [4.78, 5) is 6.83. The van der Waals surface area contributed by atoms with Crippen LogP contribution >= 0.6 is 0 Å².